The average Bonchev–Trinajstić information content (AvgIpc) is 1.90. The second kappa shape index (κ2) is 4.06. The summed E-state index contributed by atoms with van der Waals surface area (Å²) in [5.74, 6) is 0. The summed E-state index contributed by atoms with van der Waals surface area (Å²) in [6, 6.07) is 0. The molecule has 0 atom stereocenters. The Labute approximate surface area is 94.8 Å². The molecule has 90 valence electrons. The highest BCUT2D eigenvalue weighted by Gasteiger charge is 2.40. The van der Waals surface area contributed by atoms with Crippen LogP contribution in [0.1, 0.15) is 60.8 Å². The third-order valence-electron chi connectivity index (χ3n) is 2.73. The van der Waals surface area contributed by atoms with E-state index in [1.807, 2.05) is 0 Å². The summed E-state index contributed by atoms with van der Waals surface area (Å²) in [6.45, 7) is 13.9. The Kier molecular flexibility index (Phi) is 3.52. The minimum atomic E-state index is -0.0256. The molecule has 0 heterocycles. The molecular formula is C13H27NO. The van der Waals surface area contributed by atoms with Gasteiger partial charge in [-0.1, -0.05) is 0 Å². The first-order valence-electron chi connectivity index (χ1n) is 6.05. The molecule has 0 amide bonds. The van der Waals surface area contributed by atoms with Crippen molar-refractivity contribution in [3.8, 4) is 0 Å². The Bertz CT molecular complexity index is 206. The summed E-state index contributed by atoms with van der Waals surface area (Å²) in [7, 11) is 0. The predicted octanol–water partition coefficient (Wildman–Crippen LogP) is 3.11. The van der Waals surface area contributed by atoms with Crippen molar-refractivity contribution >= 4 is 0 Å². The van der Waals surface area contributed by atoms with E-state index in [2.05, 4.69) is 46.9 Å². The van der Waals surface area contributed by atoms with Crippen molar-refractivity contribution in [3.63, 3.8) is 0 Å². The van der Waals surface area contributed by atoms with E-state index in [0.717, 1.165) is 6.61 Å². The number of ether oxygens (including phenoxy) is 1. The van der Waals surface area contributed by atoms with E-state index in [0.29, 0.717) is 0 Å². The lowest BCUT2D eigenvalue weighted by molar-refractivity contribution is -0.0627. The lowest BCUT2D eigenvalue weighted by Gasteiger charge is -2.48. The third kappa shape index (κ3) is 4.52. The van der Waals surface area contributed by atoms with Crippen molar-refractivity contribution in [2.24, 2.45) is 0 Å². The maximum Gasteiger partial charge on any atom is 0.0655 e. The smallest absolute Gasteiger partial charge is 0.0655 e. The fourth-order valence-electron chi connectivity index (χ4n) is 2.06. The molecule has 0 aromatic rings. The first-order valence-corrected chi connectivity index (χ1v) is 6.05. The van der Waals surface area contributed by atoms with Gasteiger partial charge >= 0.3 is 0 Å². The van der Waals surface area contributed by atoms with Crippen LogP contribution >= 0.6 is 0 Å². The number of hydrogen-bond donors (Lipinski definition) is 1. The molecule has 1 saturated carbocycles. The van der Waals surface area contributed by atoms with Gasteiger partial charge in [0.1, 0.15) is 0 Å². The Morgan fingerprint density at radius 2 is 1.60 bits per heavy atom. The van der Waals surface area contributed by atoms with Crippen LogP contribution in [0.15, 0.2) is 0 Å². The van der Waals surface area contributed by atoms with Crippen LogP contribution in [0.3, 0.4) is 0 Å². The molecule has 0 radical (unpaired) electrons. The molecule has 0 aromatic carbocycles. The van der Waals surface area contributed by atoms with Gasteiger partial charge in [-0.25, -0.2) is 0 Å². The van der Waals surface area contributed by atoms with E-state index in [4.69, 9.17) is 4.74 Å². The van der Waals surface area contributed by atoms with Crippen LogP contribution < -0.4 is 5.32 Å². The molecule has 1 aliphatic rings. The molecule has 0 aromatic heterocycles. The van der Waals surface area contributed by atoms with Crippen molar-refractivity contribution in [1.82, 2.24) is 5.32 Å². The van der Waals surface area contributed by atoms with Crippen LogP contribution in [0.25, 0.3) is 0 Å². The van der Waals surface area contributed by atoms with Crippen LogP contribution in [-0.2, 0) is 4.74 Å². The maximum absolute atomic E-state index is 5.92. The second-order valence-corrected chi connectivity index (χ2v) is 6.91. The Balaban J connectivity index is 2.47. The van der Waals surface area contributed by atoms with Gasteiger partial charge in [-0.05, 0) is 60.8 Å². The van der Waals surface area contributed by atoms with Crippen molar-refractivity contribution in [1.29, 1.82) is 0 Å². The second-order valence-electron chi connectivity index (χ2n) is 6.91. The molecule has 1 aliphatic carbocycles. The van der Waals surface area contributed by atoms with Crippen LogP contribution in [0, 0.1) is 0 Å². The van der Waals surface area contributed by atoms with Crippen molar-refractivity contribution in [2.75, 3.05) is 6.61 Å². The molecule has 1 N–H and O–H groups in total. The highest BCUT2D eigenvalue weighted by molar-refractivity contribution is 4.99. The van der Waals surface area contributed by atoms with Gasteiger partial charge in [-0.2, -0.15) is 0 Å². The summed E-state index contributed by atoms with van der Waals surface area (Å²) < 4.78 is 5.92. The summed E-state index contributed by atoms with van der Waals surface area (Å²) in [5, 5.41) is 3.72. The largest absolute Gasteiger partial charge is 0.374 e. The molecule has 1 rings (SSSR count). The van der Waals surface area contributed by atoms with Gasteiger partial charge in [-0.15, -0.1) is 0 Å². The molecule has 15 heavy (non-hydrogen) atoms. The predicted molar refractivity (Wildman–Crippen MR) is 65.2 cm³/mol. The maximum atomic E-state index is 5.92. The molecule has 0 bridgehead atoms. The summed E-state index contributed by atoms with van der Waals surface area (Å²) in [4.78, 5) is 0. The van der Waals surface area contributed by atoms with Gasteiger partial charge in [0, 0.05) is 11.1 Å². The van der Waals surface area contributed by atoms with Crippen LogP contribution in [-0.4, -0.2) is 23.3 Å². The Hall–Kier alpha value is -0.0800. The number of rotatable bonds is 3. The quantitative estimate of drug-likeness (QED) is 0.778. The highest BCUT2D eigenvalue weighted by atomic mass is 16.5. The number of nitrogens with one attached hydrogen (secondary N) is 1. The third-order valence-corrected chi connectivity index (χ3v) is 2.73. The minimum Gasteiger partial charge on any atom is -0.374 e. The van der Waals surface area contributed by atoms with E-state index < -0.39 is 0 Å². The van der Waals surface area contributed by atoms with Crippen molar-refractivity contribution in [3.05, 3.63) is 0 Å². The summed E-state index contributed by atoms with van der Waals surface area (Å²) in [5.41, 5.74) is 0.398. The van der Waals surface area contributed by atoms with Crippen LogP contribution in [0.2, 0.25) is 0 Å². The van der Waals surface area contributed by atoms with E-state index in [9.17, 15) is 0 Å². The molecule has 0 aliphatic heterocycles. The minimum absolute atomic E-state index is 0.0256. The van der Waals surface area contributed by atoms with Gasteiger partial charge < -0.3 is 10.1 Å². The van der Waals surface area contributed by atoms with Crippen LogP contribution in [0.5, 0.6) is 0 Å². The highest BCUT2D eigenvalue weighted by Crippen LogP contribution is 2.34. The lowest BCUT2D eigenvalue weighted by atomic mass is 9.75. The zero-order chi connectivity index (χ0) is 11.7. The SMILES string of the molecule is CC(C)(C)NC1(COC(C)(C)C)CCC1. The molecule has 0 saturated heterocycles. The summed E-state index contributed by atoms with van der Waals surface area (Å²) >= 11 is 0. The van der Waals surface area contributed by atoms with Gasteiger partial charge in [0.05, 0.1) is 12.2 Å². The normalized spacial score (nSPS) is 21.2. The Morgan fingerprint density at radius 3 is 1.87 bits per heavy atom. The monoisotopic (exact) mass is 213 g/mol. The van der Waals surface area contributed by atoms with E-state index >= 15 is 0 Å². The van der Waals surface area contributed by atoms with Crippen molar-refractivity contribution in [2.45, 2.75) is 77.5 Å². The summed E-state index contributed by atoms with van der Waals surface area (Å²) in [6.07, 6.45) is 3.83. The van der Waals surface area contributed by atoms with Crippen molar-refractivity contribution < 1.29 is 4.74 Å². The molecule has 2 nitrogen and oxygen atoms in total. The standard InChI is InChI=1S/C13H27NO/c1-11(2,3)14-13(8-7-9-13)10-15-12(4,5)6/h14H,7-10H2,1-6H3. The van der Waals surface area contributed by atoms with E-state index in [-0.39, 0.29) is 16.7 Å². The van der Waals surface area contributed by atoms with E-state index in [1.54, 1.807) is 0 Å². The fraction of sp³-hybridized carbons (Fsp3) is 1.00. The molecule has 0 spiro atoms. The molecule has 1 fully saturated rings. The first-order chi connectivity index (χ1) is 6.62. The fourth-order valence-corrected chi connectivity index (χ4v) is 2.06. The molecule has 2 heteroatoms. The number of hydrogen-bond acceptors (Lipinski definition) is 2. The first kappa shape index (κ1) is 13.0. The zero-order valence-corrected chi connectivity index (χ0v) is 11.2. The van der Waals surface area contributed by atoms with Crippen LogP contribution in [0.4, 0.5) is 0 Å². The van der Waals surface area contributed by atoms with Gasteiger partial charge in [0.15, 0.2) is 0 Å². The van der Waals surface area contributed by atoms with Gasteiger partial charge in [0.2, 0.25) is 0 Å². The zero-order valence-electron chi connectivity index (χ0n) is 11.2. The van der Waals surface area contributed by atoms with E-state index in [1.165, 1.54) is 19.3 Å². The van der Waals surface area contributed by atoms with Gasteiger partial charge in [0.25, 0.3) is 0 Å². The topological polar surface area (TPSA) is 21.3 Å². The lowest BCUT2D eigenvalue weighted by Crippen LogP contribution is -2.61. The average molecular weight is 213 g/mol. The molecular weight excluding hydrogens is 186 g/mol. The van der Waals surface area contributed by atoms with Gasteiger partial charge in [-0.3, -0.25) is 0 Å². The Morgan fingerprint density at radius 1 is 1.07 bits per heavy atom. The molecule has 0 unspecified atom stereocenters.